The van der Waals surface area contributed by atoms with Gasteiger partial charge in [0, 0.05) is 19.3 Å². The van der Waals surface area contributed by atoms with E-state index < -0.39 is 10.0 Å². The number of nitrogens with zero attached hydrogens (tertiary/aromatic N) is 3. The van der Waals surface area contributed by atoms with E-state index in [-0.39, 0.29) is 30.2 Å². The molecule has 9 heteroatoms. The highest BCUT2D eigenvalue weighted by Crippen LogP contribution is 2.21. The summed E-state index contributed by atoms with van der Waals surface area (Å²) in [6.45, 7) is 1.67. The number of hydrogen-bond acceptors (Lipinski definition) is 6. The number of carbonyl (C=O) groups excluding carboxylic acids is 1. The van der Waals surface area contributed by atoms with Crippen molar-refractivity contribution in [2.24, 2.45) is 5.14 Å². The Labute approximate surface area is 139 Å². The molecule has 24 heavy (non-hydrogen) atoms. The van der Waals surface area contributed by atoms with E-state index >= 15 is 0 Å². The molecule has 1 saturated heterocycles. The maximum atomic E-state index is 11.8. The summed E-state index contributed by atoms with van der Waals surface area (Å²) in [4.78, 5) is 13.7. The number of likely N-dealkylation sites (tertiary alicyclic amines) is 1. The van der Waals surface area contributed by atoms with Crippen molar-refractivity contribution in [3.8, 4) is 0 Å². The number of benzene rings is 1. The number of rotatable bonds is 6. The van der Waals surface area contributed by atoms with Crippen LogP contribution in [0.3, 0.4) is 0 Å². The zero-order chi connectivity index (χ0) is 17.2. The SMILES string of the molecule is NS(=O)(=O)c1ccn(C2CN(CC(=O)OCc3ccccc3)C2)n1. The number of ether oxygens (including phenoxy) is 1. The van der Waals surface area contributed by atoms with Crippen LogP contribution in [0, 0.1) is 0 Å². The van der Waals surface area contributed by atoms with Crippen molar-refractivity contribution in [2.45, 2.75) is 17.7 Å². The van der Waals surface area contributed by atoms with E-state index in [1.54, 1.807) is 10.9 Å². The topological polar surface area (TPSA) is 108 Å². The Bertz CT molecular complexity index is 813. The summed E-state index contributed by atoms with van der Waals surface area (Å²) in [5.41, 5.74) is 0.944. The Balaban J connectivity index is 1.43. The molecule has 0 spiro atoms. The third-order valence-corrected chi connectivity index (χ3v) is 4.58. The lowest BCUT2D eigenvalue weighted by Gasteiger charge is -2.38. The Kier molecular flexibility index (Phi) is 4.65. The van der Waals surface area contributed by atoms with E-state index in [1.807, 2.05) is 35.2 Å². The first-order valence-corrected chi connectivity index (χ1v) is 8.96. The van der Waals surface area contributed by atoms with Crippen molar-refractivity contribution < 1.29 is 17.9 Å². The van der Waals surface area contributed by atoms with Crippen LogP contribution in [0.4, 0.5) is 0 Å². The van der Waals surface area contributed by atoms with Gasteiger partial charge in [0.2, 0.25) is 0 Å². The molecule has 1 aliphatic rings. The van der Waals surface area contributed by atoms with Gasteiger partial charge in [-0.25, -0.2) is 13.6 Å². The number of esters is 1. The fraction of sp³-hybridized carbons (Fsp3) is 0.333. The molecular weight excluding hydrogens is 332 g/mol. The molecule has 0 unspecified atom stereocenters. The van der Waals surface area contributed by atoms with Crippen LogP contribution in [0.25, 0.3) is 0 Å². The molecule has 1 aromatic heterocycles. The normalized spacial score (nSPS) is 15.9. The maximum absolute atomic E-state index is 11.8. The van der Waals surface area contributed by atoms with Gasteiger partial charge in [0.15, 0.2) is 5.03 Å². The molecule has 1 aromatic carbocycles. The summed E-state index contributed by atoms with van der Waals surface area (Å²) in [6, 6.07) is 10.9. The van der Waals surface area contributed by atoms with E-state index in [2.05, 4.69) is 5.10 Å². The van der Waals surface area contributed by atoms with Gasteiger partial charge < -0.3 is 4.74 Å². The number of aromatic nitrogens is 2. The monoisotopic (exact) mass is 350 g/mol. The van der Waals surface area contributed by atoms with Gasteiger partial charge >= 0.3 is 5.97 Å². The lowest BCUT2D eigenvalue weighted by Crippen LogP contribution is -2.50. The predicted octanol–water partition coefficient (Wildman–Crippen LogP) is 0.131. The molecule has 0 aliphatic carbocycles. The third-order valence-electron chi connectivity index (χ3n) is 3.78. The Morgan fingerprint density at radius 2 is 1.96 bits per heavy atom. The van der Waals surface area contributed by atoms with E-state index in [9.17, 15) is 13.2 Å². The minimum atomic E-state index is -3.79. The van der Waals surface area contributed by atoms with E-state index in [4.69, 9.17) is 9.88 Å². The Hall–Kier alpha value is -2.23. The fourth-order valence-corrected chi connectivity index (χ4v) is 2.94. The minimum absolute atomic E-state index is 0.0300. The van der Waals surface area contributed by atoms with Gasteiger partial charge in [-0.1, -0.05) is 30.3 Å². The fourth-order valence-electron chi connectivity index (χ4n) is 2.48. The second-order valence-corrected chi connectivity index (χ2v) is 7.18. The zero-order valence-corrected chi connectivity index (χ0v) is 13.7. The third kappa shape index (κ3) is 3.99. The summed E-state index contributed by atoms with van der Waals surface area (Å²) >= 11 is 0. The molecule has 0 saturated carbocycles. The van der Waals surface area contributed by atoms with Crippen LogP contribution in [0.15, 0.2) is 47.6 Å². The highest BCUT2D eigenvalue weighted by Gasteiger charge is 2.31. The van der Waals surface area contributed by atoms with Crippen molar-refractivity contribution in [1.29, 1.82) is 0 Å². The number of carbonyl (C=O) groups is 1. The van der Waals surface area contributed by atoms with Gasteiger partial charge in [0.05, 0.1) is 12.6 Å². The summed E-state index contributed by atoms with van der Waals surface area (Å²) in [5.74, 6) is -0.289. The molecule has 2 aromatic rings. The molecule has 2 N–H and O–H groups in total. The largest absolute Gasteiger partial charge is 0.460 e. The Morgan fingerprint density at radius 1 is 1.25 bits per heavy atom. The second-order valence-electron chi connectivity index (χ2n) is 5.67. The van der Waals surface area contributed by atoms with Crippen LogP contribution in [-0.2, 0) is 26.2 Å². The number of primary sulfonamides is 1. The lowest BCUT2D eigenvalue weighted by atomic mass is 10.1. The summed E-state index contributed by atoms with van der Waals surface area (Å²) in [5, 5.41) is 8.83. The van der Waals surface area contributed by atoms with Crippen LogP contribution in [0.2, 0.25) is 0 Å². The first-order chi connectivity index (χ1) is 11.4. The van der Waals surface area contributed by atoms with Gasteiger partial charge in [-0.3, -0.25) is 14.4 Å². The van der Waals surface area contributed by atoms with Crippen molar-refractivity contribution >= 4 is 16.0 Å². The van der Waals surface area contributed by atoms with E-state index in [0.717, 1.165) is 5.56 Å². The first-order valence-electron chi connectivity index (χ1n) is 7.42. The zero-order valence-electron chi connectivity index (χ0n) is 12.9. The quantitative estimate of drug-likeness (QED) is 0.742. The molecule has 8 nitrogen and oxygen atoms in total. The molecule has 1 aliphatic heterocycles. The average molecular weight is 350 g/mol. The molecule has 0 bridgehead atoms. The molecule has 1 fully saturated rings. The number of nitrogens with two attached hydrogens (primary N) is 1. The van der Waals surface area contributed by atoms with E-state index in [0.29, 0.717) is 13.1 Å². The molecule has 2 heterocycles. The second kappa shape index (κ2) is 6.71. The van der Waals surface area contributed by atoms with Crippen LogP contribution < -0.4 is 5.14 Å². The predicted molar refractivity (Wildman–Crippen MR) is 85.3 cm³/mol. The van der Waals surface area contributed by atoms with Crippen molar-refractivity contribution in [3.63, 3.8) is 0 Å². The van der Waals surface area contributed by atoms with Gasteiger partial charge in [-0.15, -0.1) is 0 Å². The highest BCUT2D eigenvalue weighted by molar-refractivity contribution is 7.89. The minimum Gasteiger partial charge on any atom is -0.460 e. The van der Waals surface area contributed by atoms with Gasteiger partial charge in [-0.2, -0.15) is 5.10 Å². The first kappa shape index (κ1) is 16.6. The van der Waals surface area contributed by atoms with E-state index in [1.165, 1.54) is 6.07 Å². The average Bonchev–Trinajstić information content (AvgIpc) is 2.99. The summed E-state index contributed by atoms with van der Waals surface area (Å²) in [7, 11) is -3.79. The molecule has 0 amide bonds. The van der Waals surface area contributed by atoms with Crippen LogP contribution in [0.1, 0.15) is 11.6 Å². The van der Waals surface area contributed by atoms with Gasteiger partial charge in [0.1, 0.15) is 6.61 Å². The van der Waals surface area contributed by atoms with Gasteiger partial charge in [0.25, 0.3) is 10.0 Å². The van der Waals surface area contributed by atoms with Crippen molar-refractivity contribution in [3.05, 3.63) is 48.2 Å². The summed E-state index contributed by atoms with van der Waals surface area (Å²) < 4.78 is 29.2. The number of sulfonamides is 1. The Morgan fingerprint density at radius 3 is 2.58 bits per heavy atom. The van der Waals surface area contributed by atoms with Crippen LogP contribution in [-0.4, -0.2) is 48.7 Å². The van der Waals surface area contributed by atoms with Crippen LogP contribution >= 0.6 is 0 Å². The molecular formula is C15H18N4O4S. The molecule has 0 radical (unpaired) electrons. The highest BCUT2D eigenvalue weighted by atomic mass is 32.2. The smallest absolute Gasteiger partial charge is 0.320 e. The lowest BCUT2D eigenvalue weighted by molar-refractivity contribution is -0.147. The van der Waals surface area contributed by atoms with Crippen molar-refractivity contribution in [2.75, 3.05) is 19.6 Å². The van der Waals surface area contributed by atoms with Crippen LogP contribution in [0.5, 0.6) is 0 Å². The standard InChI is InChI=1S/C15H18N4O4S/c16-24(21,22)14-6-7-19(17-14)13-8-18(9-13)10-15(20)23-11-12-4-2-1-3-5-12/h1-7,13H,8-11H2,(H2,16,21,22). The maximum Gasteiger partial charge on any atom is 0.320 e. The summed E-state index contributed by atoms with van der Waals surface area (Å²) in [6.07, 6.45) is 1.58. The van der Waals surface area contributed by atoms with Crippen molar-refractivity contribution in [1.82, 2.24) is 14.7 Å². The van der Waals surface area contributed by atoms with Gasteiger partial charge in [-0.05, 0) is 11.6 Å². The molecule has 128 valence electrons. The number of hydrogen-bond donors (Lipinski definition) is 1. The molecule has 3 rings (SSSR count). The molecule has 0 atom stereocenters.